The van der Waals surface area contributed by atoms with Crippen molar-refractivity contribution in [3.05, 3.63) is 71.7 Å². The van der Waals surface area contributed by atoms with E-state index in [1.165, 1.54) is 6.92 Å². The van der Waals surface area contributed by atoms with Crippen molar-refractivity contribution in [2.75, 3.05) is 25.6 Å². The van der Waals surface area contributed by atoms with Crippen LogP contribution in [0.25, 0.3) is 10.9 Å². The van der Waals surface area contributed by atoms with Crippen LogP contribution in [0, 0.1) is 0 Å². The predicted molar refractivity (Wildman–Crippen MR) is 154 cm³/mol. The van der Waals surface area contributed by atoms with Crippen LogP contribution in [0.15, 0.2) is 54.7 Å². The largest absolute Gasteiger partial charge is 0.489 e. The molecule has 4 rings (SSSR count). The van der Waals surface area contributed by atoms with E-state index in [4.69, 9.17) is 14.2 Å². The van der Waals surface area contributed by atoms with Crippen molar-refractivity contribution in [2.45, 2.75) is 46.0 Å². The van der Waals surface area contributed by atoms with Gasteiger partial charge in [0.25, 0.3) is 0 Å². The number of benzene rings is 2. The molecule has 0 aliphatic heterocycles. The van der Waals surface area contributed by atoms with E-state index in [1.54, 1.807) is 36.2 Å². The fraction of sp³-hybridized carbons (Fsp3) is 0.355. The Morgan fingerprint density at radius 3 is 2.38 bits per heavy atom. The van der Waals surface area contributed by atoms with Gasteiger partial charge in [-0.2, -0.15) is 5.10 Å². The molecule has 2 aromatic heterocycles. The molecule has 40 heavy (non-hydrogen) atoms. The lowest BCUT2D eigenvalue weighted by Gasteiger charge is -2.15. The number of amides is 1. The third-order valence-electron chi connectivity index (χ3n) is 6.33. The minimum absolute atomic E-state index is 0.0688. The van der Waals surface area contributed by atoms with Crippen LogP contribution in [-0.2, 0) is 39.6 Å². The molecule has 0 aliphatic rings. The van der Waals surface area contributed by atoms with Gasteiger partial charge in [-0.1, -0.05) is 32.9 Å². The van der Waals surface area contributed by atoms with E-state index in [-0.39, 0.29) is 17.1 Å². The molecule has 0 saturated carbocycles. The second-order valence-electron chi connectivity index (χ2n) is 10.7. The number of nitrogens with zero attached hydrogens (tertiary/aromatic N) is 3. The molecule has 210 valence electrons. The van der Waals surface area contributed by atoms with E-state index in [2.05, 4.69) is 36.2 Å². The molecule has 2 heterocycles. The van der Waals surface area contributed by atoms with Gasteiger partial charge in [0.05, 0.1) is 23.5 Å². The molecule has 1 N–H and O–H groups in total. The molecule has 0 spiro atoms. The minimum Gasteiger partial charge on any atom is -0.489 e. The number of aryl methyl sites for hydroxylation is 1. The summed E-state index contributed by atoms with van der Waals surface area (Å²) in [6.07, 6.45) is 2.31. The number of carbonyl (C=O) groups is 2. The van der Waals surface area contributed by atoms with E-state index in [1.807, 2.05) is 37.4 Å². The maximum absolute atomic E-state index is 12.8. The lowest BCUT2D eigenvalue weighted by molar-refractivity contribution is -0.118. The van der Waals surface area contributed by atoms with Crippen LogP contribution in [0.3, 0.4) is 0 Å². The van der Waals surface area contributed by atoms with E-state index in [0.717, 1.165) is 22.3 Å². The van der Waals surface area contributed by atoms with Crippen molar-refractivity contribution in [3.8, 4) is 17.2 Å². The molecule has 0 saturated heterocycles. The van der Waals surface area contributed by atoms with Gasteiger partial charge in [0.1, 0.15) is 29.6 Å². The number of ketones is 1. The molecule has 0 aliphatic carbocycles. The van der Waals surface area contributed by atoms with E-state index < -0.39 is 0 Å². The number of ether oxygens (including phenoxy) is 3. The van der Waals surface area contributed by atoms with E-state index in [9.17, 15) is 9.59 Å². The summed E-state index contributed by atoms with van der Waals surface area (Å²) in [5, 5.41) is 8.10. The summed E-state index contributed by atoms with van der Waals surface area (Å²) in [5.74, 6) is 1.59. The fourth-order valence-electron chi connectivity index (χ4n) is 4.21. The van der Waals surface area contributed by atoms with Gasteiger partial charge in [-0.3, -0.25) is 19.3 Å². The second-order valence-corrected chi connectivity index (χ2v) is 10.7. The number of carbonyl (C=O) groups excluding carboxylic acids is 2. The number of rotatable bonds is 11. The standard InChI is InChI=1S/C31H36N4O5/c1-20(36)33-27-18-25-26(19-29(27)39-14-13-38-6)32-12-11-28(25)40-24-9-7-21(8-10-24)15-23(37)16-22-17-30(31(2,3)4)34-35(22)5/h7-12,17-19H,13-16H2,1-6H3,(H,33,36). The number of fused-ring (bicyclic) bond motifs is 1. The van der Waals surface area contributed by atoms with Crippen LogP contribution in [0.2, 0.25) is 0 Å². The first-order valence-electron chi connectivity index (χ1n) is 13.2. The van der Waals surface area contributed by atoms with Crippen molar-refractivity contribution in [3.63, 3.8) is 0 Å². The second kappa shape index (κ2) is 12.3. The number of hydrogen-bond donors (Lipinski definition) is 1. The average molecular weight is 545 g/mol. The molecular weight excluding hydrogens is 508 g/mol. The summed E-state index contributed by atoms with van der Waals surface area (Å²) < 4.78 is 18.8. The zero-order chi connectivity index (χ0) is 28.9. The molecule has 0 unspecified atom stereocenters. The number of aromatic nitrogens is 3. The van der Waals surface area contributed by atoms with Crippen LogP contribution in [-0.4, -0.2) is 46.8 Å². The zero-order valence-corrected chi connectivity index (χ0v) is 23.9. The minimum atomic E-state index is -0.217. The Labute approximate surface area is 234 Å². The molecule has 0 bridgehead atoms. The summed E-state index contributed by atoms with van der Waals surface area (Å²) in [7, 11) is 3.47. The first-order valence-corrected chi connectivity index (χ1v) is 13.2. The van der Waals surface area contributed by atoms with Crippen molar-refractivity contribution in [1.29, 1.82) is 0 Å². The lowest BCUT2D eigenvalue weighted by Crippen LogP contribution is -2.12. The highest BCUT2D eigenvalue weighted by atomic mass is 16.5. The number of nitrogens with one attached hydrogen (secondary N) is 1. The number of hydrogen-bond acceptors (Lipinski definition) is 7. The van der Waals surface area contributed by atoms with Crippen LogP contribution in [0.4, 0.5) is 5.69 Å². The topological polar surface area (TPSA) is 105 Å². The molecule has 0 atom stereocenters. The van der Waals surface area contributed by atoms with Gasteiger partial charge in [-0.15, -0.1) is 0 Å². The van der Waals surface area contributed by atoms with E-state index >= 15 is 0 Å². The first-order chi connectivity index (χ1) is 19.0. The third-order valence-corrected chi connectivity index (χ3v) is 6.33. The predicted octanol–water partition coefficient (Wildman–Crippen LogP) is 5.40. The summed E-state index contributed by atoms with van der Waals surface area (Å²) in [6, 6.07) is 14.8. The zero-order valence-electron chi connectivity index (χ0n) is 23.9. The van der Waals surface area contributed by atoms with Crippen molar-refractivity contribution in [2.24, 2.45) is 7.05 Å². The Morgan fingerprint density at radius 2 is 1.73 bits per heavy atom. The SMILES string of the molecule is COCCOc1cc2nccc(Oc3ccc(CC(=O)Cc4cc(C(C)(C)C)nn4C)cc3)c2cc1NC(C)=O. The molecule has 1 amide bonds. The number of methoxy groups -OCH3 is 1. The maximum Gasteiger partial charge on any atom is 0.221 e. The maximum atomic E-state index is 12.8. The number of Topliss-reactive ketones (excluding diaryl/α,β-unsaturated/α-hetero) is 1. The average Bonchev–Trinajstić information content (AvgIpc) is 3.26. The van der Waals surface area contributed by atoms with Crippen LogP contribution in [0.5, 0.6) is 17.2 Å². The molecule has 4 aromatic rings. The normalized spacial score (nSPS) is 11.4. The van der Waals surface area contributed by atoms with Crippen LogP contribution in [0.1, 0.15) is 44.6 Å². The van der Waals surface area contributed by atoms with Gasteiger partial charge in [-0.05, 0) is 35.9 Å². The van der Waals surface area contributed by atoms with E-state index in [0.29, 0.717) is 54.5 Å². The highest BCUT2D eigenvalue weighted by Crippen LogP contribution is 2.36. The highest BCUT2D eigenvalue weighted by molar-refractivity contribution is 5.97. The van der Waals surface area contributed by atoms with Gasteiger partial charge in [0.2, 0.25) is 5.91 Å². The Kier molecular flexibility index (Phi) is 8.84. The van der Waals surface area contributed by atoms with Gasteiger partial charge in [-0.25, -0.2) is 0 Å². The van der Waals surface area contributed by atoms with Gasteiger partial charge in [0, 0.05) is 62.7 Å². The third kappa shape index (κ3) is 7.24. The Balaban J connectivity index is 1.48. The fourth-order valence-corrected chi connectivity index (χ4v) is 4.21. The summed E-state index contributed by atoms with van der Waals surface area (Å²) >= 11 is 0. The van der Waals surface area contributed by atoms with Gasteiger partial charge >= 0.3 is 0 Å². The lowest BCUT2D eigenvalue weighted by atomic mass is 9.92. The summed E-state index contributed by atoms with van der Waals surface area (Å²) in [6.45, 7) is 8.51. The molecule has 9 nitrogen and oxygen atoms in total. The van der Waals surface area contributed by atoms with Crippen molar-refractivity contribution < 1.29 is 23.8 Å². The molecule has 0 fully saturated rings. The van der Waals surface area contributed by atoms with Crippen molar-refractivity contribution >= 4 is 28.3 Å². The number of pyridine rings is 1. The van der Waals surface area contributed by atoms with Gasteiger partial charge in [0.15, 0.2) is 0 Å². The van der Waals surface area contributed by atoms with Crippen LogP contribution < -0.4 is 14.8 Å². The van der Waals surface area contributed by atoms with Crippen LogP contribution >= 0.6 is 0 Å². The smallest absolute Gasteiger partial charge is 0.221 e. The quantitative estimate of drug-likeness (QED) is 0.252. The Morgan fingerprint density at radius 1 is 0.975 bits per heavy atom. The number of anilines is 1. The molecular formula is C31H36N4O5. The van der Waals surface area contributed by atoms with Crippen molar-refractivity contribution in [1.82, 2.24) is 14.8 Å². The summed E-state index contributed by atoms with van der Waals surface area (Å²) in [4.78, 5) is 29.1. The molecule has 2 aromatic carbocycles. The first kappa shape index (κ1) is 28.8. The monoisotopic (exact) mass is 544 g/mol. The Bertz CT molecular complexity index is 1500. The Hall–Kier alpha value is -4.24. The van der Waals surface area contributed by atoms with Gasteiger partial charge < -0.3 is 19.5 Å². The molecule has 0 radical (unpaired) electrons. The highest BCUT2D eigenvalue weighted by Gasteiger charge is 2.20. The molecule has 9 heteroatoms. The summed E-state index contributed by atoms with van der Waals surface area (Å²) in [5.41, 5.74) is 3.89.